The van der Waals surface area contributed by atoms with E-state index < -0.39 is 0 Å². The van der Waals surface area contributed by atoms with Crippen LogP contribution in [0.15, 0.2) is 12.1 Å². The highest BCUT2D eigenvalue weighted by Crippen LogP contribution is 2.53. The van der Waals surface area contributed by atoms with Crippen molar-refractivity contribution in [3.05, 3.63) is 22.7 Å². The van der Waals surface area contributed by atoms with E-state index in [1.54, 1.807) is 14.2 Å². The Morgan fingerprint density at radius 2 is 1.65 bits per heavy atom. The third-order valence-electron chi connectivity index (χ3n) is 6.26. The van der Waals surface area contributed by atoms with Gasteiger partial charge in [0.2, 0.25) is 0 Å². The quantitative estimate of drug-likeness (QED) is 0.871. The van der Waals surface area contributed by atoms with Gasteiger partial charge in [-0.25, -0.2) is 0 Å². The first kappa shape index (κ1) is 15.6. The largest absolute Gasteiger partial charge is 0.493 e. The Bertz CT molecular complexity index is 561. The molecule has 0 atom stereocenters. The van der Waals surface area contributed by atoms with Crippen molar-refractivity contribution in [2.24, 2.45) is 23.7 Å². The van der Waals surface area contributed by atoms with Crippen molar-refractivity contribution < 1.29 is 9.47 Å². The molecule has 5 rings (SSSR count). The van der Waals surface area contributed by atoms with Crippen LogP contribution in [-0.4, -0.2) is 20.3 Å². The predicted molar refractivity (Wildman–Crippen MR) is 92.2 cm³/mol. The SMILES string of the molecule is COc1cc(CNC2C3CC4CC(C3)CC2C4)cc(Cl)c1OC. The van der Waals surface area contributed by atoms with Gasteiger partial charge in [0.1, 0.15) is 0 Å². The molecule has 126 valence electrons. The Morgan fingerprint density at radius 1 is 1.00 bits per heavy atom. The van der Waals surface area contributed by atoms with E-state index in [9.17, 15) is 0 Å². The van der Waals surface area contributed by atoms with Crippen LogP contribution >= 0.6 is 11.6 Å². The Morgan fingerprint density at radius 3 is 2.22 bits per heavy atom. The Labute approximate surface area is 143 Å². The summed E-state index contributed by atoms with van der Waals surface area (Å²) < 4.78 is 10.7. The molecule has 0 radical (unpaired) electrons. The van der Waals surface area contributed by atoms with Gasteiger partial charge in [-0.1, -0.05) is 11.6 Å². The highest BCUT2D eigenvalue weighted by atomic mass is 35.5. The average Bonchev–Trinajstić information content (AvgIpc) is 2.53. The van der Waals surface area contributed by atoms with Crippen LogP contribution < -0.4 is 14.8 Å². The van der Waals surface area contributed by atoms with Crippen LogP contribution in [0.2, 0.25) is 5.02 Å². The van der Waals surface area contributed by atoms with Gasteiger partial charge in [0, 0.05) is 12.6 Å². The van der Waals surface area contributed by atoms with Crippen molar-refractivity contribution in [3.8, 4) is 11.5 Å². The van der Waals surface area contributed by atoms with Gasteiger partial charge in [0.15, 0.2) is 11.5 Å². The summed E-state index contributed by atoms with van der Waals surface area (Å²) in [4.78, 5) is 0. The number of benzene rings is 1. The van der Waals surface area contributed by atoms with E-state index in [0.717, 1.165) is 30.2 Å². The van der Waals surface area contributed by atoms with Crippen molar-refractivity contribution in [1.82, 2.24) is 5.32 Å². The van der Waals surface area contributed by atoms with Crippen LogP contribution in [-0.2, 0) is 6.54 Å². The molecule has 0 amide bonds. The van der Waals surface area contributed by atoms with Crippen molar-refractivity contribution in [3.63, 3.8) is 0 Å². The van der Waals surface area contributed by atoms with Gasteiger partial charge in [-0.3, -0.25) is 0 Å². The molecule has 3 nitrogen and oxygen atoms in total. The van der Waals surface area contributed by atoms with Crippen LogP contribution in [0.4, 0.5) is 0 Å². The Kier molecular flexibility index (Phi) is 4.19. The molecule has 0 aromatic heterocycles. The minimum Gasteiger partial charge on any atom is -0.493 e. The zero-order chi connectivity index (χ0) is 16.0. The zero-order valence-corrected chi connectivity index (χ0v) is 14.7. The van der Waals surface area contributed by atoms with E-state index >= 15 is 0 Å². The maximum absolute atomic E-state index is 6.32. The molecule has 4 aliphatic rings. The molecular formula is C19H26ClNO2. The highest BCUT2D eigenvalue weighted by molar-refractivity contribution is 6.32. The second-order valence-corrected chi connectivity index (χ2v) is 8.06. The van der Waals surface area contributed by atoms with Gasteiger partial charge in [-0.15, -0.1) is 0 Å². The first-order valence-corrected chi connectivity index (χ1v) is 9.19. The van der Waals surface area contributed by atoms with Gasteiger partial charge in [0.25, 0.3) is 0 Å². The molecule has 0 saturated heterocycles. The zero-order valence-electron chi connectivity index (χ0n) is 14.0. The maximum atomic E-state index is 6.32. The topological polar surface area (TPSA) is 30.5 Å². The summed E-state index contributed by atoms with van der Waals surface area (Å²) in [7, 11) is 3.28. The second kappa shape index (κ2) is 6.18. The minimum atomic E-state index is 0.618. The number of methoxy groups -OCH3 is 2. The molecule has 0 heterocycles. The number of hydrogen-bond donors (Lipinski definition) is 1. The van der Waals surface area contributed by atoms with E-state index in [1.165, 1.54) is 37.7 Å². The monoisotopic (exact) mass is 335 g/mol. The Hall–Kier alpha value is -0.930. The summed E-state index contributed by atoms with van der Waals surface area (Å²) in [5.41, 5.74) is 1.17. The van der Waals surface area contributed by atoms with Gasteiger partial charge in [-0.2, -0.15) is 0 Å². The van der Waals surface area contributed by atoms with Gasteiger partial charge in [0.05, 0.1) is 19.2 Å². The van der Waals surface area contributed by atoms with E-state index in [2.05, 4.69) is 5.32 Å². The Balaban J connectivity index is 1.46. The van der Waals surface area contributed by atoms with E-state index in [0.29, 0.717) is 22.6 Å². The van der Waals surface area contributed by atoms with Crippen LogP contribution in [0.3, 0.4) is 0 Å². The molecule has 4 aliphatic carbocycles. The number of nitrogens with one attached hydrogen (secondary N) is 1. The molecular weight excluding hydrogens is 310 g/mol. The fourth-order valence-electron chi connectivity index (χ4n) is 5.57. The molecule has 23 heavy (non-hydrogen) atoms. The van der Waals surface area contributed by atoms with Gasteiger partial charge < -0.3 is 14.8 Å². The third kappa shape index (κ3) is 2.83. The summed E-state index contributed by atoms with van der Waals surface area (Å²) in [6.45, 7) is 0.854. The number of halogens is 1. The molecule has 4 fully saturated rings. The molecule has 4 heteroatoms. The van der Waals surface area contributed by atoms with Crippen molar-refractivity contribution in [2.75, 3.05) is 14.2 Å². The van der Waals surface area contributed by atoms with Crippen LogP contribution in [0.5, 0.6) is 11.5 Å². The molecule has 1 aromatic rings. The van der Waals surface area contributed by atoms with Crippen LogP contribution in [0.25, 0.3) is 0 Å². The van der Waals surface area contributed by atoms with Gasteiger partial charge >= 0.3 is 0 Å². The highest BCUT2D eigenvalue weighted by Gasteiger charge is 2.47. The molecule has 1 aromatic carbocycles. The number of ether oxygens (including phenoxy) is 2. The first-order valence-electron chi connectivity index (χ1n) is 8.81. The van der Waals surface area contributed by atoms with E-state index in [-0.39, 0.29) is 0 Å². The smallest absolute Gasteiger partial charge is 0.179 e. The van der Waals surface area contributed by atoms with Gasteiger partial charge in [-0.05, 0) is 73.5 Å². The maximum Gasteiger partial charge on any atom is 0.179 e. The third-order valence-corrected chi connectivity index (χ3v) is 6.54. The number of hydrogen-bond acceptors (Lipinski definition) is 3. The fourth-order valence-corrected chi connectivity index (χ4v) is 5.88. The summed E-state index contributed by atoms with van der Waals surface area (Å²) >= 11 is 6.32. The lowest BCUT2D eigenvalue weighted by Gasteiger charge is -2.54. The first-order chi connectivity index (χ1) is 11.2. The normalized spacial score (nSPS) is 34.7. The van der Waals surface area contributed by atoms with Crippen molar-refractivity contribution in [2.45, 2.75) is 44.7 Å². The minimum absolute atomic E-state index is 0.618. The van der Waals surface area contributed by atoms with Crippen molar-refractivity contribution in [1.29, 1.82) is 0 Å². The predicted octanol–water partition coefficient (Wildman–Crippen LogP) is 4.27. The molecule has 0 aliphatic heterocycles. The standard InChI is InChI=1S/C19H26ClNO2/c1-22-17-9-13(8-16(20)19(17)23-2)10-21-18-14-4-11-3-12(6-14)7-15(18)5-11/h8-9,11-12,14-15,18,21H,3-7,10H2,1-2H3. The van der Waals surface area contributed by atoms with Crippen LogP contribution in [0, 0.1) is 23.7 Å². The molecule has 0 spiro atoms. The summed E-state index contributed by atoms with van der Waals surface area (Å²) in [6, 6.07) is 4.72. The molecule has 0 unspecified atom stereocenters. The molecule has 4 saturated carbocycles. The number of rotatable bonds is 5. The lowest BCUT2D eigenvalue weighted by Crippen LogP contribution is -2.54. The molecule has 1 N–H and O–H groups in total. The lowest BCUT2D eigenvalue weighted by molar-refractivity contribution is -0.0142. The summed E-state index contributed by atoms with van der Waals surface area (Å²) in [5, 5.41) is 4.46. The van der Waals surface area contributed by atoms with Crippen molar-refractivity contribution >= 4 is 11.6 Å². The van der Waals surface area contributed by atoms with Crippen LogP contribution in [0.1, 0.15) is 37.7 Å². The summed E-state index contributed by atoms with van der Waals surface area (Å²) in [5.74, 6) is 5.15. The second-order valence-electron chi connectivity index (χ2n) is 7.65. The average molecular weight is 336 g/mol. The van der Waals surface area contributed by atoms with E-state index in [4.69, 9.17) is 21.1 Å². The fraction of sp³-hybridized carbons (Fsp3) is 0.684. The lowest BCUT2D eigenvalue weighted by atomic mass is 9.54. The van der Waals surface area contributed by atoms with E-state index in [1.807, 2.05) is 12.1 Å². The molecule has 4 bridgehead atoms. The summed E-state index contributed by atoms with van der Waals surface area (Å²) in [6.07, 6.45) is 7.27.